The average molecular weight is 235 g/mol. The first kappa shape index (κ1) is 10.7. The molecule has 2 aliphatic heterocycles. The molecule has 2 bridgehead atoms. The summed E-state index contributed by atoms with van der Waals surface area (Å²) in [6.45, 7) is 1.75. The van der Waals surface area contributed by atoms with Crippen molar-refractivity contribution in [3.63, 3.8) is 0 Å². The predicted octanol–water partition coefficient (Wildman–Crippen LogP) is 1.04. The molecule has 0 saturated carbocycles. The van der Waals surface area contributed by atoms with Crippen LogP contribution in [-0.4, -0.2) is 37.4 Å². The molecular weight excluding hydrogens is 218 g/mol. The van der Waals surface area contributed by atoms with Crippen molar-refractivity contribution in [1.82, 2.24) is 4.98 Å². The molecule has 1 aromatic rings. The van der Waals surface area contributed by atoms with E-state index in [1.165, 1.54) is 0 Å². The van der Waals surface area contributed by atoms with Crippen LogP contribution in [0.15, 0.2) is 12.1 Å². The lowest BCUT2D eigenvalue weighted by molar-refractivity contribution is 0.0302. The van der Waals surface area contributed by atoms with Gasteiger partial charge < -0.3 is 20.1 Å². The van der Waals surface area contributed by atoms with Crippen LogP contribution in [0.2, 0.25) is 0 Å². The highest BCUT2D eigenvalue weighted by Crippen LogP contribution is 2.32. The highest BCUT2D eigenvalue weighted by molar-refractivity contribution is 5.64. The van der Waals surface area contributed by atoms with Gasteiger partial charge in [0.25, 0.3) is 0 Å². The lowest BCUT2D eigenvalue weighted by Gasteiger charge is -2.33. The Morgan fingerprint density at radius 3 is 2.71 bits per heavy atom. The first-order chi connectivity index (χ1) is 8.26. The molecule has 2 unspecified atom stereocenters. The van der Waals surface area contributed by atoms with Crippen molar-refractivity contribution in [3.05, 3.63) is 12.1 Å². The molecule has 3 heterocycles. The van der Waals surface area contributed by atoms with Gasteiger partial charge >= 0.3 is 0 Å². The summed E-state index contributed by atoms with van der Waals surface area (Å²) in [5.41, 5.74) is 6.69. The molecule has 0 spiro atoms. The second kappa shape index (κ2) is 4.07. The van der Waals surface area contributed by atoms with Gasteiger partial charge in [-0.2, -0.15) is 4.98 Å². The molecule has 2 fully saturated rings. The fourth-order valence-electron chi connectivity index (χ4n) is 2.60. The summed E-state index contributed by atoms with van der Waals surface area (Å²) in [5, 5.41) is 0. The lowest BCUT2D eigenvalue weighted by atomic mass is 10.2. The molecule has 0 radical (unpaired) electrons. The van der Waals surface area contributed by atoms with Gasteiger partial charge in [0, 0.05) is 19.2 Å². The number of nitrogens with two attached hydrogens (primary N) is 1. The Hall–Kier alpha value is -1.49. The molecule has 2 N–H and O–H groups in total. The number of hydrogen-bond donors (Lipinski definition) is 1. The van der Waals surface area contributed by atoms with Crippen LogP contribution >= 0.6 is 0 Å². The van der Waals surface area contributed by atoms with Crippen LogP contribution in [0.3, 0.4) is 0 Å². The van der Waals surface area contributed by atoms with E-state index in [1.54, 1.807) is 13.2 Å². The van der Waals surface area contributed by atoms with Crippen LogP contribution in [0, 0.1) is 0 Å². The van der Waals surface area contributed by atoms with Gasteiger partial charge in [0.05, 0.1) is 25.0 Å². The van der Waals surface area contributed by atoms with Gasteiger partial charge in [0.1, 0.15) is 0 Å². The molecule has 0 aliphatic carbocycles. The monoisotopic (exact) mass is 235 g/mol. The van der Waals surface area contributed by atoms with E-state index in [9.17, 15) is 0 Å². The largest absolute Gasteiger partial charge is 0.481 e. The van der Waals surface area contributed by atoms with Gasteiger partial charge in [-0.3, -0.25) is 0 Å². The smallest absolute Gasteiger partial charge is 0.215 e. The Labute approximate surface area is 101 Å². The molecule has 2 atom stereocenters. The quantitative estimate of drug-likeness (QED) is 0.830. The van der Waals surface area contributed by atoms with Gasteiger partial charge in [0.15, 0.2) is 5.82 Å². The summed E-state index contributed by atoms with van der Waals surface area (Å²) in [6.07, 6.45) is 2.96. The third kappa shape index (κ3) is 1.91. The number of nitrogens with zero attached hydrogens (tertiary/aromatic N) is 2. The van der Waals surface area contributed by atoms with Crippen LogP contribution in [-0.2, 0) is 4.74 Å². The summed E-state index contributed by atoms with van der Waals surface area (Å²) in [6, 6.07) is 3.63. The van der Waals surface area contributed by atoms with Gasteiger partial charge in [-0.1, -0.05) is 0 Å². The van der Waals surface area contributed by atoms with Gasteiger partial charge in [-0.15, -0.1) is 0 Å². The Bertz CT molecular complexity index is 412. The second-order valence-electron chi connectivity index (χ2n) is 4.63. The zero-order chi connectivity index (χ0) is 11.8. The van der Waals surface area contributed by atoms with Gasteiger partial charge in [0.2, 0.25) is 5.88 Å². The van der Waals surface area contributed by atoms with Crippen LogP contribution < -0.4 is 15.4 Å². The van der Waals surface area contributed by atoms with Crippen molar-refractivity contribution >= 4 is 11.5 Å². The van der Waals surface area contributed by atoms with Gasteiger partial charge in [-0.25, -0.2) is 0 Å². The molecule has 2 aliphatic rings. The number of rotatable bonds is 2. The minimum atomic E-state index is 0.334. The Balaban J connectivity index is 1.88. The van der Waals surface area contributed by atoms with Crippen molar-refractivity contribution in [2.45, 2.75) is 25.0 Å². The van der Waals surface area contributed by atoms with E-state index in [0.717, 1.165) is 31.7 Å². The molecule has 3 rings (SSSR count). The van der Waals surface area contributed by atoms with Gasteiger partial charge in [-0.05, 0) is 18.9 Å². The zero-order valence-corrected chi connectivity index (χ0v) is 9.93. The number of fused-ring (bicyclic) bond motifs is 2. The first-order valence-electron chi connectivity index (χ1n) is 5.97. The maximum absolute atomic E-state index is 5.99. The summed E-state index contributed by atoms with van der Waals surface area (Å²) in [7, 11) is 1.62. The molecule has 2 saturated heterocycles. The van der Waals surface area contributed by atoms with Crippen LogP contribution in [0.5, 0.6) is 5.88 Å². The number of methoxy groups -OCH3 is 1. The van der Waals surface area contributed by atoms with Crippen molar-refractivity contribution in [3.8, 4) is 5.88 Å². The topological polar surface area (TPSA) is 60.6 Å². The van der Waals surface area contributed by atoms with E-state index in [2.05, 4.69) is 9.88 Å². The molecule has 0 aromatic carbocycles. The van der Waals surface area contributed by atoms with E-state index in [0.29, 0.717) is 23.8 Å². The molecule has 17 heavy (non-hydrogen) atoms. The molecule has 1 aromatic heterocycles. The van der Waals surface area contributed by atoms with Crippen LogP contribution in [0.25, 0.3) is 0 Å². The molecular formula is C12H17N3O2. The first-order valence-corrected chi connectivity index (χ1v) is 5.97. The maximum Gasteiger partial charge on any atom is 0.215 e. The summed E-state index contributed by atoms with van der Waals surface area (Å²) in [5.74, 6) is 1.43. The maximum atomic E-state index is 5.99. The number of nitrogen functional groups attached to an aromatic ring is 1. The highest BCUT2D eigenvalue weighted by Gasteiger charge is 2.34. The third-order valence-electron chi connectivity index (χ3n) is 3.43. The normalized spacial score (nSPS) is 27.2. The number of morpholine rings is 1. The van der Waals surface area contributed by atoms with E-state index in [-0.39, 0.29) is 0 Å². The fraction of sp³-hybridized carbons (Fsp3) is 0.583. The van der Waals surface area contributed by atoms with Crippen LogP contribution in [0.1, 0.15) is 12.8 Å². The minimum Gasteiger partial charge on any atom is -0.481 e. The third-order valence-corrected chi connectivity index (χ3v) is 3.43. The Morgan fingerprint density at radius 1 is 1.35 bits per heavy atom. The second-order valence-corrected chi connectivity index (χ2v) is 4.63. The van der Waals surface area contributed by atoms with E-state index in [4.69, 9.17) is 15.2 Å². The molecule has 5 heteroatoms. The number of hydrogen-bond acceptors (Lipinski definition) is 5. The summed E-state index contributed by atoms with van der Waals surface area (Å²) in [4.78, 5) is 6.65. The minimum absolute atomic E-state index is 0.334. The SMILES string of the molecule is COc1ccc(N)c(N2CC3CCC(C2)O3)n1. The summed E-state index contributed by atoms with van der Waals surface area (Å²) < 4.78 is 10.9. The standard InChI is InChI=1S/C12H17N3O2/c1-16-11-5-4-10(13)12(14-11)15-6-8-2-3-9(7-15)17-8/h4-5,8-9H,2-3,6-7,13H2,1H3. The highest BCUT2D eigenvalue weighted by atomic mass is 16.5. The molecule has 0 amide bonds. The van der Waals surface area contributed by atoms with E-state index in [1.807, 2.05) is 6.07 Å². The fourth-order valence-corrected chi connectivity index (χ4v) is 2.60. The molecule has 92 valence electrons. The lowest BCUT2D eigenvalue weighted by Crippen LogP contribution is -2.43. The number of pyridine rings is 1. The average Bonchev–Trinajstić information content (AvgIpc) is 2.69. The van der Waals surface area contributed by atoms with E-state index < -0.39 is 0 Å². The van der Waals surface area contributed by atoms with Crippen molar-refractivity contribution in [2.24, 2.45) is 0 Å². The number of aromatic nitrogens is 1. The predicted molar refractivity (Wildman–Crippen MR) is 65.3 cm³/mol. The Morgan fingerprint density at radius 2 is 2.06 bits per heavy atom. The van der Waals surface area contributed by atoms with Crippen molar-refractivity contribution < 1.29 is 9.47 Å². The van der Waals surface area contributed by atoms with E-state index >= 15 is 0 Å². The zero-order valence-electron chi connectivity index (χ0n) is 9.93. The molecule has 5 nitrogen and oxygen atoms in total. The van der Waals surface area contributed by atoms with Crippen molar-refractivity contribution in [1.29, 1.82) is 0 Å². The number of ether oxygens (including phenoxy) is 2. The summed E-state index contributed by atoms with van der Waals surface area (Å²) >= 11 is 0. The van der Waals surface area contributed by atoms with Crippen LogP contribution in [0.4, 0.5) is 11.5 Å². The van der Waals surface area contributed by atoms with Crippen molar-refractivity contribution in [2.75, 3.05) is 30.8 Å². The number of anilines is 2. The Kier molecular flexibility index (Phi) is 2.55.